The molecule has 1 aromatic carbocycles. The summed E-state index contributed by atoms with van der Waals surface area (Å²) in [6.07, 6.45) is 10.7. The quantitative estimate of drug-likeness (QED) is 0.644. The van der Waals surface area contributed by atoms with Crippen LogP contribution in [-0.2, 0) is 6.42 Å². The minimum Gasteiger partial charge on any atom is -0.271 e. The van der Waals surface area contributed by atoms with Gasteiger partial charge in [0.05, 0.1) is 0 Å². The van der Waals surface area contributed by atoms with Crippen molar-refractivity contribution >= 4 is 0 Å². The summed E-state index contributed by atoms with van der Waals surface area (Å²) in [5.74, 6) is 8.28. The van der Waals surface area contributed by atoms with Gasteiger partial charge in [-0.3, -0.25) is 11.3 Å². The van der Waals surface area contributed by atoms with E-state index in [1.165, 1.54) is 51.4 Å². The van der Waals surface area contributed by atoms with Crippen molar-refractivity contribution in [1.29, 1.82) is 0 Å². The smallest absolute Gasteiger partial charge is 0.0310 e. The largest absolute Gasteiger partial charge is 0.271 e. The molecule has 1 saturated carbocycles. The SMILES string of the molecule is CCC1CCCCC1C(NN)C1CCCc2ccccc21. The lowest BCUT2D eigenvalue weighted by atomic mass is 9.67. The van der Waals surface area contributed by atoms with Crippen LogP contribution in [-0.4, -0.2) is 6.04 Å². The summed E-state index contributed by atoms with van der Waals surface area (Å²) in [5, 5.41) is 0. The predicted molar refractivity (Wildman–Crippen MR) is 89.0 cm³/mol. The first-order valence-corrected chi connectivity index (χ1v) is 8.89. The zero-order valence-electron chi connectivity index (χ0n) is 13.4. The van der Waals surface area contributed by atoms with Gasteiger partial charge in [-0.05, 0) is 48.6 Å². The highest BCUT2D eigenvalue weighted by Crippen LogP contribution is 2.42. The standard InChI is InChI=1S/C19H30N2/c1-2-14-8-3-6-12-17(14)19(21-20)18-13-7-10-15-9-4-5-11-16(15)18/h4-5,9,11,14,17-19,21H,2-3,6-8,10,12-13,20H2,1H3. The molecule has 2 aliphatic carbocycles. The van der Waals surface area contributed by atoms with E-state index in [1.807, 2.05) is 0 Å². The summed E-state index contributed by atoms with van der Waals surface area (Å²) in [4.78, 5) is 0. The molecule has 116 valence electrons. The molecule has 0 aromatic heterocycles. The summed E-state index contributed by atoms with van der Waals surface area (Å²) in [6, 6.07) is 9.49. The second-order valence-electron chi connectivity index (χ2n) is 7.01. The maximum atomic E-state index is 6.06. The third kappa shape index (κ3) is 3.02. The summed E-state index contributed by atoms with van der Waals surface area (Å²) >= 11 is 0. The van der Waals surface area contributed by atoms with Gasteiger partial charge < -0.3 is 0 Å². The average molecular weight is 286 g/mol. The van der Waals surface area contributed by atoms with Crippen LogP contribution < -0.4 is 11.3 Å². The van der Waals surface area contributed by atoms with Gasteiger partial charge in [0.1, 0.15) is 0 Å². The Morgan fingerprint density at radius 3 is 2.76 bits per heavy atom. The van der Waals surface area contributed by atoms with E-state index in [0.29, 0.717) is 12.0 Å². The van der Waals surface area contributed by atoms with E-state index >= 15 is 0 Å². The number of fused-ring (bicyclic) bond motifs is 1. The van der Waals surface area contributed by atoms with Crippen LogP contribution in [0.2, 0.25) is 0 Å². The van der Waals surface area contributed by atoms with E-state index in [2.05, 4.69) is 36.6 Å². The molecule has 2 nitrogen and oxygen atoms in total. The fourth-order valence-corrected chi connectivity index (χ4v) is 4.92. The number of nitrogens with one attached hydrogen (secondary N) is 1. The fourth-order valence-electron chi connectivity index (χ4n) is 4.92. The molecule has 1 aromatic rings. The van der Waals surface area contributed by atoms with E-state index in [0.717, 1.165) is 11.8 Å². The number of rotatable bonds is 4. The minimum atomic E-state index is 0.455. The monoisotopic (exact) mass is 286 g/mol. The molecule has 21 heavy (non-hydrogen) atoms. The zero-order chi connectivity index (χ0) is 14.7. The van der Waals surface area contributed by atoms with E-state index in [4.69, 9.17) is 5.84 Å². The third-order valence-corrected chi connectivity index (χ3v) is 6.00. The van der Waals surface area contributed by atoms with Crippen LogP contribution >= 0.6 is 0 Å². The lowest BCUT2D eigenvalue weighted by Crippen LogP contribution is -2.49. The van der Waals surface area contributed by atoms with Crippen molar-refractivity contribution in [3.63, 3.8) is 0 Å². The fraction of sp³-hybridized carbons (Fsp3) is 0.684. The molecule has 0 heterocycles. The molecular formula is C19H30N2. The number of hydrogen-bond acceptors (Lipinski definition) is 2. The van der Waals surface area contributed by atoms with Crippen LogP contribution in [0.4, 0.5) is 0 Å². The Morgan fingerprint density at radius 1 is 1.14 bits per heavy atom. The molecule has 0 saturated heterocycles. The maximum Gasteiger partial charge on any atom is 0.0310 e. The molecule has 0 radical (unpaired) electrons. The van der Waals surface area contributed by atoms with E-state index in [1.54, 1.807) is 11.1 Å². The Hall–Kier alpha value is -0.860. The molecule has 3 N–H and O–H groups in total. The van der Waals surface area contributed by atoms with Gasteiger partial charge in [-0.15, -0.1) is 0 Å². The molecule has 3 rings (SSSR count). The minimum absolute atomic E-state index is 0.455. The summed E-state index contributed by atoms with van der Waals surface area (Å²) in [7, 11) is 0. The molecule has 2 aliphatic rings. The van der Waals surface area contributed by atoms with Crippen molar-refractivity contribution in [1.82, 2.24) is 5.43 Å². The highest BCUT2D eigenvalue weighted by molar-refractivity contribution is 5.34. The van der Waals surface area contributed by atoms with Gasteiger partial charge in [-0.2, -0.15) is 0 Å². The zero-order valence-corrected chi connectivity index (χ0v) is 13.4. The lowest BCUT2D eigenvalue weighted by molar-refractivity contribution is 0.152. The van der Waals surface area contributed by atoms with Crippen LogP contribution in [0.1, 0.15) is 68.9 Å². The third-order valence-electron chi connectivity index (χ3n) is 6.00. The van der Waals surface area contributed by atoms with Crippen molar-refractivity contribution in [3.8, 4) is 0 Å². The van der Waals surface area contributed by atoms with Gasteiger partial charge in [0.2, 0.25) is 0 Å². The van der Waals surface area contributed by atoms with Gasteiger partial charge in [0.15, 0.2) is 0 Å². The van der Waals surface area contributed by atoms with Gasteiger partial charge in [-0.1, -0.05) is 56.9 Å². The predicted octanol–water partition coefficient (Wildman–Crippen LogP) is 4.15. The summed E-state index contributed by atoms with van der Waals surface area (Å²) < 4.78 is 0. The molecule has 1 fully saturated rings. The number of hydrazine groups is 1. The topological polar surface area (TPSA) is 38.0 Å². The number of benzene rings is 1. The average Bonchev–Trinajstić information content (AvgIpc) is 2.56. The van der Waals surface area contributed by atoms with Crippen molar-refractivity contribution < 1.29 is 0 Å². The molecule has 4 unspecified atom stereocenters. The Balaban J connectivity index is 1.86. The molecule has 2 heteroatoms. The number of nitrogens with two attached hydrogens (primary N) is 1. The van der Waals surface area contributed by atoms with Crippen molar-refractivity contribution in [3.05, 3.63) is 35.4 Å². The molecule has 0 bridgehead atoms. The van der Waals surface area contributed by atoms with Crippen molar-refractivity contribution in [2.75, 3.05) is 0 Å². The molecule has 4 atom stereocenters. The summed E-state index contributed by atoms with van der Waals surface area (Å²) in [5.41, 5.74) is 6.36. The Morgan fingerprint density at radius 2 is 1.95 bits per heavy atom. The first kappa shape index (κ1) is 15.1. The lowest BCUT2D eigenvalue weighted by Gasteiger charge is -2.42. The van der Waals surface area contributed by atoms with E-state index < -0.39 is 0 Å². The molecule has 0 aliphatic heterocycles. The van der Waals surface area contributed by atoms with Crippen molar-refractivity contribution in [2.24, 2.45) is 17.7 Å². The summed E-state index contributed by atoms with van der Waals surface area (Å²) in [6.45, 7) is 2.35. The first-order chi connectivity index (χ1) is 10.3. The van der Waals surface area contributed by atoms with Gasteiger partial charge in [0.25, 0.3) is 0 Å². The van der Waals surface area contributed by atoms with Crippen molar-refractivity contribution in [2.45, 2.75) is 70.3 Å². The highest BCUT2D eigenvalue weighted by atomic mass is 15.2. The number of hydrogen-bond donors (Lipinski definition) is 2. The van der Waals surface area contributed by atoms with E-state index in [9.17, 15) is 0 Å². The Kier molecular flexibility index (Phi) is 4.97. The van der Waals surface area contributed by atoms with Crippen LogP contribution in [0.5, 0.6) is 0 Å². The van der Waals surface area contributed by atoms with Crippen LogP contribution in [0, 0.1) is 11.8 Å². The second-order valence-corrected chi connectivity index (χ2v) is 7.01. The normalized spacial score (nSPS) is 30.7. The maximum absolute atomic E-state index is 6.06. The van der Waals surface area contributed by atoms with Crippen LogP contribution in [0.15, 0.2) is 24.3 Å². The first-order valence-electron chi connectivity index (χ1n) is 8.89. The van der Waals surface area contributed by atoms with E-state index in [-0.39, 0.29) is 0 Å². The van der Waals surface area contributed by atoms with Crippen LogP contribution in [0.25, 0.3) is 0 Å². The molecule has 0 amide bonds. The highest BCUT2D eigenvalue weighted by Gasteiger charge is 2.37. The van der Waals surface area contributed by atoms with Gasteiger partial charge in [-0.25, -0.2) is 0 Å². The molecule has 0 spiro atoms. The second kappa shape index (κ2) is 6.93. The van der Waals surface area contributed by atoms with Gasteiger partial charge in [0, 0.05) is 12.0 Å². The molecular weight excluding hydrogens is 256 g/mol. The number of aryl methyl sites for hydroxylation is 1. The van der Waals surface area contributed by atoms with Crippen LogP contribution in [0.3, 0.4) is 0 Å². The Bertz CT molecular complexity index is 457. The Labute approximate surface area is 129 Å². The van der Waals surface area contributed by atoms with Gasteiger partial charge >= 0.3 is 0 Å².